The van der Waals surface area contributed by atoms with Crippen LogP contribution in [0.4, 0.5) is 0 Å². The molecule has 0 spiro atoms. The average molecular weight is 248 g/mol. The van der Waals surface area contributed by atoms with Crippen molar-refractivity contribution in [2.75, 3.05) is 13.1 Å². The van der Waals surface area contributed by atoms with Crippen LogP contribution in [0, 0.1) is 33.1 Å². The number of nitrogens with one attached hydrogen (secondary N) is 1. The molecule has 0 fully saturated rings. The summed E-state index contributed by atoms with van der Waals surface area (Å²) in [6.07, 6.45) is 0. The molecule has 0 saturated heterocycles. The molecule has 3 N–H and O–H groups in total. The first kappa shape index (κ1) is 15.2. The molecule has 0 aromatic heterocycles. The smallest absolute Gasteiger partial charge is 0.0211 e. The number of benzene rings is 1. The molecule has 1 aromatic rings. The van der Waals surface area contributed by atoms with Crippen molar-refractivity contribution in [2.45, 2.75) is 48.1 Å². The Morgan fingerprint density at radius 1 is 1.06 bits per heavy atom. The Labute approximate surface area is 112 Å². The van der Waals surface area contributed by atoms with Gasteiger partial charge in [0.15, 0.2) is 0 Å². The van der Waals surface area contributed by atoms with E-state index in [4.69, 9.17) is 5.73 Å². The van der Waals surface area contributed by atoms with Crippen molar-refractivity contribution >= 4 is 0 Å². The van der Waals surface area contributed by atoms with E-state index in [1.165, 1.54) is 27.8 Å². The lowest BCUT2D eigenvalue weighted by Gasteiger charge is -2.24. The van der Waals surface area contributed by atoms with Gasteiger partial charge in [-0.15, -0.1) is 0 Å². The SMILES string of the molecule is Cc1cc(C)c(C)c(CNCC(C)(C)CN)c1C. The van der Waals surface area contributed by atoms with Gasteiger partial charge in [0.05, 0.1) is 0 Å². The van der Waals surface area contributed by atoms with E-state index in [2.05, 4.69) is 52.9 Å². The van der Waals surface area contributed by atoms with Crippen LogP contribution in [0.3, 0.4) is 0 Å². The number of aryl methyl sites for hydroxylation is 2. The predicted octanol–water partition coefficient (Wildman–Crippen LogP) is 2.99. The Morgan fingerprint density at radius 3 is 2.00 bits per heavy atom. The third kappa shape index (κ3) is 3.56. The number of rotatable bonds is 5. The van der Waals surface area contributed by atoms with Gasteiger partial charge >= 0.3 is 0 Å². The summed E-state index contributed by atoms with van der Waals surface area (Å²) in [5.74, 6) is 0. The van der Waals surface area contributed by atoms with Gasteiger partial charge in [0.2, 0.25) is 0 Å². The molecule has 0 heterocycles. The van der Waals surface area contributed by atoms with Crippen molar-refractivity contribution in [1.82, 2.24) is 5.32 Å². The first-order chi connectivity index (χ1) is 8.28. The Kier molecular flexibility index (Phi) is 4.94. The Balaban J connectivity index is 2.80. The quantitative estimate of drug-likeness (QED) is 0.840. The van der Waals surface area contributed by atoms with Crippen molar-refractivity contribution in [3.05, 3.63) is 33.9 Å². The molecule has 0 unspecified atom stereocenters. The normalized spacial score (nSPS) is 11.9. The van der Waals surface area contributed by atoms with E-state index in [0.717, 1.165) is 13.1 Å². The molecule has 2 heteroatoms. The minimum atomic E-state index is 0.167. The lowest BCUT2D eigenvalue weighted by Crippen LogP contribution is -2.35. The molecule has 102 valence electrons. The monoisotopic (exact) mass is 248 g/mol. The van der Waals surface area contributed by atoms with Crippen molar-refractivity contribution in [3.63, 3.8) is 0 Å². The van der Waals surface area contributed by atoms with Crippen molar-refractivity contribution in [3.8, 4) is 0 Å². The van der Waals surface area contributed by atoms with Crippen LogP contribution < -0.4 is 11.1 Å². The molecule has 0 amide bonds. The Morgan fingerprint density at radius 2 is 1.56 bits per heavy atom. The van der Waals surface area contributed by atoms with Crippen LogP contribution in [0.2, 0.25) is 0 Å². The highest BCUT2D eigenvalue weighted by Crippen LogP contribution is 2.21. The molecule has 0 radical (unpaired) electrons. The van der Waals surface area contributed by atoms with Gasteiger partial charge in [-0.25, -0.2) is 0 Å². The second kappa shape index (κ2) is 5.85. The second-order valence-corrected chi connectivity index (χ2v) is 6.21. The molecule has 0 aliphatic heterocycles. The van der Waals surface area contributed by atoms with Gasteiger partial charge in [-0.1, -0.05) is 19.9 Å². The standard InChI is InChI=1S/C16H28N2/c1-11-7-12(2)14(4)15(13(11)3)8-18-10-16(5,6)9-17/h7,18H,8-10,17H2,1-6H3. The van der Waals surface area contributed by atoms with Gasteiger partial charge < -0.3 is 11.1 Å². The summed E-state index contributed by atoms with van der Waals surface area (Å²) in [5.41, 5.74) is 13.0. The molecular weight excluding hydrogens is 220 g/mol. The molecule has 0 aliphatic rings. The summed E-state index contributed by atoms with van der Waals surface area (Å²) in [6, 6.07) is 2.28. The minimum absolute atomic E-state index is 0.167. The van der Waals surface area contributed by atoms with Crippen LogP contribution in [0.5, 0.6) is 0 Å². The molecule has 0 aliphatic carbocycles. The molecule has 0 atom stereocenters. The lowest BCUT2D eigenvalue weighted by atomic mass is 9.92. The zero-order valence-corrected chi connectivity index (χ0v) is 12.8. The largest absolute Gasteiger partial charge is 0.330 e. The van der Waals surface area contributed by atoms with Gasteiger partial charge in [0, 0.05) is 13.1 Å². The molecule has 0 bridgehead atoms. The minimum Gasteiger partial charge on any atom is -0.330 e. The Hall–Kier alpha value is -0.860. The third-order valence-electron chi connectivity index (χ3n) is 3.98. The fourth-order valence-corrected chi connectivity index (χ4v) is 2.16. The van der Waals surface area contributed by atoms with Gasteiger partial charge in [-0.3, -0.25) is 0 Å². The van der Waals surface area contributed by atoms with E-state index in [0.29, 0.717) is 6.54 Å². The summed E-state index contributed by atoms with van der Waals surface area (Å²) >= 11 is 0. The zero-order chi connectivity index (χ0) is 13.9. The van der Waals surface area contributed by atoms with E-state index in [9.17, 15) is 0 Å². The number of nitrogens with two attached hydrogens (primary N) is 1. The summed E-state index contributed by atoms with van der Waals surface area (Å²) in [5, 5.41) is 3.55. The van der Waals surface area contributed by atoms with Crippen molar-refractivity contribution < 1.29 is 0 Å². The van der Waals surface area contributed by atoms with E-state index >= 15 is 0 Å². The van der Waals surface area contributed by atoms with E-state index in [1.54, 1.807) is 0 Å². The molecule has 1 rings (SSSR count). The molecule has 0 saturated carbocycles. The van der Waals surface area contributed by atoms with Crippen LogP contribution in [0.15, 0.2) is 6.07 Å². The maximum Gasteiger partial charge on any atom is 0.0211 e. The first-order valence-corrected chi connectivity index (χ1v) is 6.75. The van der Waals surface area contributed by atoms with Gasteiger partial charge in [-0.05, 0) is 67.5 Å². The topological polar surface area (TPSA) is 38.0 Å². The average Bonchev–Trinajstić information content (AvgIpc) is 2.31. The van der Waals surface area contributed by atoms with Gasteiger partial charge in [0.25, 0.3) is 0 Å². The molecule has 2 nitrogen and oxygen atoms in total. The fraction of sp³-hybridized carbons (Fsp3) is 0.625. The third-order valence-corrected chi connectivity index (χ3v) is 3.98. The zero-order valence-electron chi connectivity index (χ0n) is 12.8. The maximum atomic E-state index is 5.75. The van der Waals surface area contributed by atoms with E-state index < -0.39 is 0 Å². The van der Waals surface area contributed by atoms with Crippen LogP contribution in [0.1, 0.15) is 41.7 Å². The highest BCUT2D eigenvalue weighted by molar-refractivity contribution is 5.43. The molecule has 18 heavy (non-hydrogen) atoms. The fourth-order valence-electron chi connectivity index (χ4n) is 2.16. The summed E-state index contributed by atoms with van der Waals surface area (Å²) in [7, 11) is 0. The highest BCUT2D eigenvalue weighted by atomic mass is 14.9. The van der Waals surface area contributed by atoms with Gasteiger partial charge in [0.1, 0.15) is 0 Å². The Bertz CT molecular complexity index is 393. The van der Waals surface area contributed by atoms with E-state index in [1.807, 2.05) is 0 Å². The molecule has 1 aromatic carbocycles. The maximum absolute atomic E-state index is 5.75. The van der Waals surface area contributed by atoms with Crippen molar-refractivity contribution in [1.29, 1.82) is 0 Å². The summed E-state index contributed by atoms with van der Waals surface area (Å²) in [4.78, 5) is 0. The van der Waals surface area contributed by atoms with Crippen LogP contribution >= 0.6 is 0 Å². The summed E-state index contributed by atoms with van der Waals surface area (Å²) < 4.78 is 0. The predicted molar refractivity (Wildman–Crippen MR) is 79.9 cm³/mol. The van der Waals surface area contributed by atoms with Crippen molar-refractivity contribution in [2.24, 2.45) is 11.1 Å². The summed E-state index contributed by atoms with van der Waals surface area (Å²) in [6.45, 7) is 15.8. The number of hydrogen-bond acceptors (Lipinski definition) is 2. The van der Waals surface area contributed by atoms with Crippen LogP contribution in [0.25, 0.3) is 0 Å². The molecular formula is C16H28N2. The second-order valence-electron chi connectivity index (χ2n) is 6.21. The van der Waals surface area contributed by atoms with Gasteiger partial charge in [-0.2, -0.15) is 0 Å². The lowest BCUT2D eigenvalue weighted by molar-refractivity contribution is 0.351. The number of hydrogen-bond donors (Lipinski definition) is 2. The van der Waals surface area contributed by atoms with Crippen LogP contribution in [-0.4, -0.2) is 13.1 Å². The highest BCUT2D eigenvalue weighted by Gasteiger charge is 2.15. The van der Waals surface area contributed by atoms with Crippen LogP contribution in [-0.2, 0) is 6.54 Å². The first-order valence-electron chi connectivity index (χ1n) is 6.75. The van der Waals surface area contributed by atoms with E-state index in [-0.39, 0.29) is 5.41 Å².